The lowest BCUT2D eigenvalue weighted by molar-refractivity contribution is 0.0787. The van der Waals surface area contributed by atoms with Crippen LogP contribution in [0.4, 0.5) is 5.69 Å². The molecule has 0 bridgehead atoms. The zero-order valence-electron chi connectivity index (χ0n) is 17.2. The Kier molecular flexibility index (Phi) is 6.31. The highest BCUT2D eigenvalue weighted by molar-refractivity contribution is 7.92. The predicted octanol–water partition coefficient (Wildman–Crippen LogP) is 2.43. The zero-order valence-corrected chi connectivity index (χ0v) is 18.0. The van der Waals surface area contributed by atoms with Crippen molar-refractivity contribution in [1.29, 1.82) is 0 Å². The van der Waals surface area contributed by atoms with Gasteiger partial charge in [-0.05, 0) is 55.3 Å². The van der Waals surface area contributed by atoms with Crippen molar-refractivity contribution >= 4 is 27.5 Å². The molecule has 1 N–H and O–H groups in total. The van der Waals surface area contributed by atoms with Crippen molar-refractivity contribution in [2.75, 3.05) is 39.0 Å². The van der Waals surface area contributed by atoms with Crippen LogP contribution in [0.5, 0.6) is 5.75 Å². The van der Waals surface area contributed by atoms with Crippen LogP contribution in [0.2, 0.25) is 0 Å². The quantitative estimate of drug-likeness (QED) is 0.758. The number of methoxy groups -OCH3 is 1. The lowest BCUT2D eigenvalue weighted by atomic mass is 10.1. The van der Waals surface area contributed by atoms with E-state index in [1.165, 1.54) is 42.3 Å². The molecule has 1 aliphatic rings. The highest BCUT2D eigenvalue weighted by Gasteiger charge is 2.25. The SMILES string of the molecule is COc1ccc(S(=O)(=O)Nc2ccc(C(=O)N(C)C)cc2)cc1C(=O)N1CCCC1. The summed E-state index contributed by atoms with van der Waals surface area (Å²) in [4.78, 5) is 27.9. The number of ether oxygens (including phenoxy) is 1. The van der Waals surface area contributed by atoms with E-state index in [4.69, 9.17) is 4.74 Å². The monoisotopic (exact) mass is 431 g/mol. The maximum atomic E-state index is 12.9. The molecule has 0 aromatic heterocycles. The number of nitrogens with zero attached hydrogens (tertiary/aromatic N) is 2. The molecule has 0 spiro atoms. The van der Waals surface area contributed by atoms with Crippen LogP contribution in [-0.4, -0.2) is 64.3 Å². The number of hydrogen-bond donors (Lipinski definition) is 1. The number of benzene rings is 2. The summed E-state index contributed by atoms with van der Waals surface area (Å²) in [6.45, 7) is 1.30. The first-order chi connectivity index (χ1) is 14.2. The van der Waals surface area contributed by atoms with Crippen molar-refractivity contribution in [2.45, 2.75) is 17.7 Å². The summed E-state index contributed by atoms with van der Waals surface area (Å²) < 4.78 is 33.5. The molecule has 9 heteroatoms. The number of anilines is 1. The first kappa shape index (κ1) is 21.6. The smallest absolute Gasteiger partial charge is 0.261 e. The highest BCUT2D eigenvalue weighted by atomic mass is 32.2. The van der Waals surface area contributed by atoms with Gasteiger partial charge in [0.05, 0.1) is 17.6 Å². The number of nitrogens with one attached hydrogen (secondary N) is 1. The second-order valence-corrected chi connectivity index (χ2v) is 8.93. The van der Waals surface area contributed by atoms with E-state index < -0.39 is 10.0 Å². The molecular formula is C21H25N3O5S. The van der Waals surface area contributed by atoms with E-state index in [2.05, 4.69) is 4.72 Å². The molecule has 2 amide bonds. The van der Waals surface area contributed by atoms with Gasteiger partial charge >= 0.3 is 0 Å². The molecule has 30 heavy (non-hydrogen) atoms. The van der Waals surface area contributed by atoms with E-state index in [9.17, 15) is 18.0 Å². The third-order valence-corrected chi connectivity index (χ3v) is 6.27. The van der Waals surface area contributed by atoms with E-state index >= 15 is 0 Å². The van der Waals surface area contributed by atoms with E-state index in [1.807, 2.05) is 0 Å². The van der Waals surface area contributed by atoms with Crippen LogP contribution in [0.1, 0.15) is 33.6 Å². The van der Waals surface area contributed by atoms with Gasteiger partial charge in [0.1, 0.15) is 5.75 Å². The minimum absolute atomic E-state index is 0.0423. The number of carbonyl (C=O) groups is 2. The van der Waals surface area contributed by atoms with E-state index in [0.717, 1.165) is 12.8 Å². The Balaban J connectivity index is 1.86. The van der Waals surface area contributed by atoms with Gasteiger partial charge in [-0.2, -0.15) is 0 Å². The van der Waals surface area contributed by atoms with Gasteiger partial charge in [-0.3, -0.25) is 14.3 Å². The van der Waals surface area contributed by atoms with Gasteiger partial charge in [0.25, 0.3) is 21.8 Å². The van der Waals surface area contributed by atoms with Crippen molar-refractivity contribution in [2.24, 2.45) is 0 Å². The van der Waals surface area contributed by atoms with E-state index in [1.54, 1.807) is 31.1 Å². The lowest BCUT2D eigenvalue weighted by Crippen LogP contribution is -2.28. The minimum atomic E-state index is -3.94. The first-order valence-electron chi connectivity index (χ1n) is 9.55. The Bertz CT molecular complexity index is 1040. The maximum absolute atomic E-state index is 12.9. The molecule has 0 radical (unpaired) electrons. The molecular weight excluding hydrogens is 406 g/mol. The van der Waals surface area contributed by atoms with Crippen LogP contribution >= 0.6 is 0 Å². The average Bonchev–Trinajstić information content (AvgIpc) is 3.27. The summed E-state index contributed by atoms with van der Waals surface area (Å²) in [5.74, 6) is -0.0880. The number of carbonyl (C=O) groups excluding carboxylic acids is 2. The molecule has 8 nitrogen and oxygen atoms in total. The molecule has 1 heterocycles. The van der Waals surface area contributed by atoms with Crippen LogP contribution in [0.3, 0.4) is 0 Å². The Morgan fingerprint density at radius 2 is 1.67 bits per heavy atom. The van der Waals surface area contributed by atoms with Gasteiger partial charge in [0.2, 0.25) is 0 Å². The van der Waals surface area contributed by atoms with Gasteiger partial charge in [0.15, 0.2) is 0 Å². The molecule has 0 atom stereocenters. The number of likely N-dealkylation sites (tertiary alicyclic amines) is 1. The van der Waals surface area contributed by atoms with Crippen LogP contribution in [0.15, 0.2) is 47.4 Å². The van der Waals surface area contributed by atoms with E-state index in [-0.39, 0.29) is 22.3 Å². The Morgan fingerprint density at radius 1 is 1.03 bits per heavy atom. The largest absolute Gasteiger partial charge is 0.496 e. The molecule has 3 rings (SSSR count). The summed E-state index contributed by atoms with van der Waals surface area (Å²) in [5, 5.41) is 0. The molecule has 0 unspecified atom stereocenters. The molecule has 1 fully saturated rings. The van der Waals surface area contributed by atoms with Crippen molar-refractivity contribution in [3.63, 3.8) is 0 Å². The summed E-state index contributed by atoms with van der Waals surface area (Å²) in [6.07, 6.45) is 1.86. The Hall–Kier alpha value is -3.07. The second-order valence-electron chi connectivity index (χ2n) is 7.24. The van der Waals surface area contributed by atoms with Crippen LogP contribution in [-0.2, 0) is 10.0 Å². The molecule has 160 valence electrons. The van der Waals surface area contributed by atoms with Gasteiger partial charge in [-0.1, -0.05) is 0 Å². The summed E-state index contributed by atoms with van der Waals surface area (Å²) in [7, 11) is 0.790. The number of rotatable bonds is 6. The fourth-order valence-electron chi connectivity index (χ4n) is 3.27. The van der Waals surface area contributed by atoms with Crippen LogP contribution < -0.4 is 9.46 Å². The second kappa shape index (κ2) is 8.74. The predicted molar refractivity (Wildman–Crippen MR) is 113 cm³/mol. The van der Waals surface area contributed by atoms with Crippen molar-refractivity contribution < 1.29 is 22.7 Å². The van der Waals surface area contributed by atoms with Crippen LogP contribution in [0.25, 0.3) is 0 Å². The Labute approximate surface area is 176 Å². The third kappa shape index (κ3) is 4.56. The van der Waals surface area contributed by atoms with Crippen molar-refractivity contribution in [3.05, 3.63) is 53.6 Å². The summed E-state index contributed by atoms with van der Waals surface area (Å²) in [5.41, 5.74) is 0.980. The summed E-state index contributed by atoms with van der Waals surface area (Å²) in [6, 6.07) is 10.4. The average molecular weight is 432 g/mol. The molecule has 2 aromatic rings. The lowest BCUT2D eigenvalue weighted by Gasteiger charge is -2.18. The van der Waals surface area contributed by atoms with Gasteiger partial charge < -0.3 is 14.5 Å². The van der Waals surface area contributed by atoms with Crippen molar-refractivity contribution in [3.8, 4) is 5.75 Å². The Morgan fingerprint density at radius 3 is 2.23 bits per heavy atom. The fourth-order valence-corrected chi connectivity index (χ4v) is 4.35. The minimum Gasteiger partial charge on any atom is -0.496 e. The topological polar surface area (TPSA) is 96.0 Å². The molecule has 0 aliphatic carbocycles. The summed E-state index contributed by atoms with van der Waals surface area (Å²) >= 11 is 0. The third-order valence-electron chi connectivity index (χ3n) is 4.90. The van der Waals surface area contributed by atoms with Gasteiger partial charge in [-0.15, -0.1) is 0 Å². The van der Waals surface area contributed by atoms with Crippen LogP contribution in [0, 0.1) is 0 Å². The molecule has 1 aliphatic heterocycles. The van der Waals surface area contributed by atoms with Crippen molar-refractivity contribution in [1.82, 2.24) is 9.80 Å². The highest BCUT2D eigenvalue weighted by Crippen LogP contribution is 2.26. The molecule has 0 saturated carbocycles. The van der Waals surface area contributed by atoms with Gasteiger partial charge in [0, 0.05) is 38.4 Å². The zero-order chi connectivity index (χ0) is 21.9. The number of amides is 2. The standard InChI is InChI=1S/C21H25N3O5S/c1-23(2)20(25)15-6-8-16(9-7-15)22-30(27,28)17-10-11-19(29-3)18(14-17)21(26)24-12-4-5-13-24/h6-11,14,22H,4-5,12-13H2,1-3H3. The van der Waals surface area contributed by atoms with E-state index in [0.29, 0.717) is 30.1 Å². The maximum Gasteiger partial charge on any atom is 0.261 e. The number of sulfonamides is 1. The fraction of sp³-hybridized carbons (Fsp3) is 0.333. The molecule has 1 saturated heterocycles. The van der Waals surface area contributed by atoms with Gasteiger partial charge in [-0.25, -0.2) is 8.42 Å². The normalized spacial score (nSPS) is 13.8. The first-order valence-corrected chi connectivity index (χ1v) is 11.0. The number of hydrogen-bond acceptors (Lipinski definition) is 5. The molecule has 2 aromatic carbocycles.